The summed E-state index contributed by atoms with van der Waals surface area (Å²) in [6.07, 6.45) is 3.18. The highest BCUT2D eigenvalue weighted by Crippen LogP contribution is 2.34. The van der Waals surface area contributed by atoms with Gasteiger partial charge < -0.3 is 10.1 Å². The number of thiophene rings is 1. The summed E-state index contributed by atoms with van der Waals surface area (Å²) in [7, 11) is 0. The van der Waals surface area contributed by atoms with Crippen LogP contribution in [0.3, 0.4) is 0 Å². The Kier molecular flexibility index (Phi) is 6.65. The van der Waals surface area contributed by atoms with Gasteiger partial charge in [-0.2, -0.15) is 0 Å². The van der Waals surface area contributed by atoms with Gasteiger partial charge in [-0.1, -0.05) is 11.8 Å². The lowest BCUT2D eigenvalue weighted by atomic mass is 10.1. The number of esters is 1. The minimum Gasteiger partial charge on any atom is -0.462 e. The summed E-state index contributed by atoms with van der Waals surface area (Å²) in [4.78, 5) is 44.6. The molecule has 0 saturated carbocycles. The molecule has 0 radical (unpaired) electrons. The van der Waals surface area contributed by atoms with Crippen molar-refractivity contribution in [1.29, 1.82) is 0 Å². The number of carbonyl (C=O) groups excluding carboxylic acids is 3. The second-order valence-electron chi connectivity index (χ2n) is 4.91. The van der Waals surface area contributed by atoms with E-state index in [1.165, 1.54) is 18.7 Å². The van der Waals surface area contributed by atoms with Crippen LogP contribution < -0.4 is 5.32 Å². The van der Waals surface area contributed by atoms with E-state index >= 15 is 0 Å². The molecule has 0 aromatic carbocycles. The molecule has 0 aliphatic carbocycles. The first-order valence-electron chi connectivity index (χ1n) is 7.45. The van der Waals surface area contributed by atoms with E-state index in [2.05, 4.69) is 15.3 Å². The summed E-state index contributed by atoms with van der Waals surface area (Å²) < 4.78 is 5.03. The Morgan fingerprint density at radius 3 is 2.56 bits per heavy atom. The monoisotopic (exact) mass is 379 g/mol. The number of thioether (sulfide) groups is 1. The third kappa shape index (κ3) is 4.86. The number of nitrogens with zero attached hydrogens (tertiary/aromatic N) is 2. The lowest BCUT2D eigenvalue weighted by Gasteiger charge is -2.06. The SMILES string of the molecule is CCOC(=O)c1c(NC(=O)CSc2ncccn2)sc(C(C)=O)c1C. The summed E-state index contributed by atoms with van der Waals surface area (Å²) in [5, 5.41) is 3.49. The molecular weight excluding hydrogens is 362 g/mol. The van der Waals surface area contributed by atoms with Crippen molar-refractivity contribution in [2.45, 2.75) is 25.9 Å². The van der Waals surface area contributed by atoms with Gasteiger partial charge in [0.2, 0.25) is 5.91 Å². The number of amides is 1. The van der Waals surface area contributed by atoms with E-state index in [9.17, 15) is 14.4 Å². The maximum Gasteiger partial charge on any atom is 0.341 e. The van der Waals surface area contributed by atoms with Crippen molar-refractivity contribution < 1.29 is 19.1 Å². The fraction of sp³-hybridized carbons (Fsp3) is 0.312. The summed E-state index contributed by atoms with van der Waals surface area (Å²) >= 11 is 2.25. The quantitative estimate of drug-likeness (QED) is 0.342. The minimum atomic E-state index is -0.557. The molecule has 2 rings (SSSR count). The van der Waals surface area contributed by atoms with E-state index in [0.29, 0.717) is 20.6 Å². The largest absolute Gasteiger partial charge is 0.462 e. The van der Waals surface area contributed by atoms with E-state index in [0.717, 1.165) is 11.3 Å². The molecule has 7 nitrogen and oxygen atoms in total. The van der Waals surface area contributed by atoms with Crippen molar-refractivity contribution in [2.75, 3.05) is 17.7 Å². The molecule has 9 heteroatoms. The van der Waals surface area contributed by atoms with Crippen molar-refractivity contribution in [3.8, 4) is 0 Å². The zero-order valence-corrected chi connectivity index (χ0v) is 15.6. The second-order valence-corrected chi connectivity index (χ2v) is 6.87. The zero-order valence-electron chi connectivity index (χ0n) is 14.0. The summed E-state index contributed by atoms with van der Waals surface area (Å²) in [5.41, 5.74) is 0.747. The van der Waals surface area contributed by atoms with E-state index in [4.69, 9.17) is 4.74 Å². The number of ketones is 1. The Bertz CT molecular complexity index is 790. The Morgan fingerprint density at radius 1 is 1.28 bits per heavy atom. The number of carbonyl (C=O) groups is 3. The lowest BCUT2D eigenvalue weighted by Crippen LogP contribution is -2.16. The number of Topliss-reactive ketones (excluding diaryl/α,β-unsaturated/α-hetero) is 1. The maximum atomic E-state index is 12.2. The highest BCUT2D eigenvalue weighted by atomic mass is 32.2. The van der Waals surface area contributed by atoms with Gasteiger partial charge >= 0.3 is 5.97 Å². The normalized spacial score (nSPS) is 10.4. The fourth-order valence-electron chi connectivity index (χ4n) is 2.04. The minimum absolute atomic E-state index is 0.0820. The fourth-order valence-corrected chi connectivity index (χ4v) is 3.75. The molecule has 0 aliphatic rings. The Hall–Kier alpha value is -2.26. The zero-order chi connectivity index (χ0) is 18.4. The Labute approximate surface area is 153 Å². The van der Waals surface area contributed by atoms with Crippen LogP contribution in [0.2, 0.25) is 0 Å². The van der Waals surface area contributed by atoms with E-state index in [1.807, 2.05) is 0 Å². The number of ether oxygens (including phenoxy) is 1. The maximum absolute atomic E-state index is 12.2. The van der Waals surface area contributed by atoms with Crippen LogP contribution in [0.5, 0.6) is 0 Å². The highest BCUT2D eigenvalue weighted by molar-refractivity contribution is 7.99. The molecule has 2 aromatic rings. The smallest absolute Gasteiger partial charge is 0.341 e. The Morgan fingerprint density at radius 2 is 1.96 bits per heavy atom. The molecule has 2 aromatic heterocycles. The first-order chi connectivity index (χ1) is 11.9. The van der Waals surface area contributed by atoms with Crippen LogP contribution in [-0.4, -0.2) is 40.0 Å². The highest BCUT2D eigenvalue weighted by Gasteiger charge is 2.25. The van der Waals surface area contributed by atoms with Gasteiger partial charge in [0, 0.05) is 12.4 Å². The predicted molar refractivity (Wildman–Crippen MR) is 96.4 cm³/mol. The molecule has 132 valence electrons. The lowest BCUT2D eigenvalue weighted by molar-refractivity contribution is -0.113. The van der Waals surface area contributed by atoms with Crippen molar-refractivity contribution in [1.82, 2.24) is 9.97 Å². The molecule has 0 unspecified atom stereocenters. The topological polar surface area (TPSA) is 98.2 Å². The molecule has 0 aliphatic heterocycles. The van der Waals surface area contributed by atoms with Crippen LogP contribution >= 0.6 is 23.1 Å². The molecule has 0 bridgehead atoms. The molecule has 0 atom stereocenters. The number of anilines is 1. The van der Waals surface area contributed by atoms with Gasteiger partial charge in [-0.05, 0) is 32.4 Å². The summed E-state index contributed by atoms with van der Waals surface area (Å²) in [5.74, 6) is -0.961. The van der Waals surface area contributed by atoms with Gasteiger partial charge in [0.15, 0.2) is 10.9 Å². The van der Waals surface area contributed by atoms with Gasteiger partial charge in [-0.3, -0.25) is 9.59 Å². The third-order valence-electron chi connectivity index (χ3n) is 3.07. The van der Waals surface area contributed by atoms with Crippen LogP contribution in [0, 0.1) is 6.92 Å². The second kappa shape index (κ2) is 8.72. The average molecular weight is 379 g/mol. The van der Waals surface area contributed by atoms with Crippen LogP contribution in [-0.2, 0) is 9.53 Å². The standard InChI is InChI=1S/C16H17N3O4S2/c1-4-23-15(22)12-9(2)13(10(3)20)25-14(12)19-11(21)8-24-16-17-6-5-7-18-16/h5-7H,4,8H2,1-3H3,(H,19,21). The van der Waals surface area contributed by atoms with E-state index in [1.54, 1.807) is 32.3 Å². The number of aromatic nitrogens is 2. The number of hydrogen-bond acceptors (Lipinski definition) is 8. The van der Waals surface area contributed by atoms with Crippen LogP contribution in [0.25, 0.3) is 0 Å². The van der Waals surface area contributed by atoms with E-state index in [-0.39, 0.29) is 29.6 Å². The van der Waals surface area contributed by atoms with E-state index < -0.39 is 5.97 Å². The van der Waals surface area contributed by atoms with Gasteiger partial charge in [0.05, 0.1) is 22.8 Å². The van der Waals surface area contributed by atoms with Crippen LogP contribution in [0.15, 0.2) is 23.6 Å². The molecule has 0 fully saturated rings. The van der Waals surface area contributed by atoms with Crippen LogP contribution in [0.4, 0.5) is 5.00 Å². The molecule has 0 saturated heterocycles. The van der Waals surface area contributed by atoms with Crippen molar-refractivity contribution in [2.24, 2.45) is 0 Å². The van der Waals surface area contributed by atoms with Crippen molar-refractivity contribution >= 4 is 45.8 Å². The molecule has 1 N–H and O–H groups in total. The summed E-state index contributed by atoms with van der Waals surface area (Å²) in [6.45, 7) is 4.99. The van der Waals surface area contributed by atoms with Gasteiger partial charge in [0.25, 0.3) is 0 Å². The predicted octanol–water partition coefficient (Wildman–Crippen LogP) is 2.96. The van der Waals surface area contributed by atoms with Gasteiger partial charge in [-0.15, -0.1) is 11.3 Å². The van der Waals surface area contributed by atoms with Crippen molar-refractivity contribution in [3.63, 3.8) is 0 Å². The number of hydrogen-bond donors (Lipinski definition) is 1. The Balaban J connectivity index is 2.16. The third-order valence-corrected chi connectivity index (χ3v) is 5.26. The number of nitrogens with one attached hydrogen (secondary N) is 1. The van der Waals surface area contributed by atoms with Crippen LogP contribution in [0.1, 0.15) is 39.4 Å². The molecular formula is C16H17N3O4S2. The van der Waals surface area contributed by atoms with Gasteiger partial charge in [0.1, 0.15) is 5.00 Å². The average Bonchev–Trinajstić information content (AvgIpc) is 2.90. The number of rotatable bonds is 7. The van der Waals surface area contributed by atoms with Crippen molar-refractivity contribution in [3.05, 3.63) is 34.5 Å². The first kappa shape index (κ1) is 19.1. The molecule has 25 heavy (non-hydrogen) atoms. The van der Waals surface area contributed by atoms with Gasteiger partial charge in [-0.25, -0.2) is 14.8 Å². The molecule has 1 amide bonds. The molecule has 2 heterocycles. The molecule has 0 spiro atoms. The summed E-state index contributed by atoms with van der Waals surface area (Å²) in [6, 6.07) is 1.69. The first-order valence-corrected chi connectivity index (χ1v) is 9.25.